The second kappa shape index (κ2) is 55.7. The van der Waals surface area contributed by atoms with Crippen molar-refractivity contribution in [3.63, 3.8) is 0 Å². The molecule has 0 atom stereocenters. The van der Waals surface area contributed by atoms with Gasteiger partial charge in [0.25, 0.3) is 0 Å². The number of carbonyl (C=O) groups is 3. The van der Waals surface area contributed by atoms with Crippen LogP contribution in [0.3, 0.4) is 0 Å². The van der Waals surface area contributed by atoms with E-state index in [0.717, 1.165) is 329 Å². The van der Waals surface area contributed by atoms with Crippen LogP contribution in [-0.2, 0) is 43.5 Å². The van der Waals surface area contributed by atoms with Gasteiger partial charge in [-0.2, -0.15) is 15.0 Å². The first kappa shape index (κ1) is 105. The van der Waals surface area contributed by atoms with Crippen molar-refractivity contribution in [2.45, 2.75) is 250 Å². The van der Waals surface area contributed by atoms with Gasteiger partial charge in [-0.15, -0.1) is 12.4 Å². The molecule has 6 aliphatic rings. The fourth-order valence-electron chi connectivity index (χ4n) is 18.3. The largest absolute Gasteiger partial charge is 1.00 e. The van der Waals surface area contributed by atoms with Gasteiger partial charge in [0.15, 0.2) is 0 Å². The summed E-state index contributed by atoms with van der Waals surface area (Å²) in [4.78, 5) is 73.8. The number of nitrogens with zero attached hydrogens (tertiary/aromatic N) is 14. The summed E-state index contributed by atoms with van der Waals surface area (Å²) in [5, 5.41) is 56.6. The zero-order chi connectivity index (χ0) is 88.4. The number of ether oxygens (including phenoxy) is 2. The number of carboxylic acids is 1. The van der Waals surface area contributed by atoms with Gasteiger partial charge in [-0.3, -0.25) is 29.1 Å². The molecule has 9 N–H and O–H groups in total. The number of piperazine rings is 3. The first-order chi connectivity index (χ1) is 61.5. The van der Waals surface area contributed by atoms with Gasteiger partial charge in [0, 0.05) is 231 Å². The number of carbonyl (C=O) groups excluding carboxylic acids is 2. The number of aliphatic hydroxyl groups is 3. The molecule has 0 unspecified atom stereocenters. The van der Waals surface area contributed by atoms with Crippen molar-refractivity contribution in [2.24, 2.45) is 0 Å². The molecule has 0 bridgehead atoms. The molecule has 31 heteroatoms. The van der Waals surface area contributed by atoms with E-state index >= 15 is 0 Å². The maximum absolute atomic E-state index is 11.3. The molecule has 3 saturated heterocycles. The zero-order valence-electron chi connectivity index (χ0n) is 77.6. The van der Waals surface area contributed by atoms with E-state index in [2.05, 4.69) is 207 Å². The van der Waals surface area contributed by atoms with Crippen molar-refractivity contribution >= 4 is 97.2 Å². The van der Waals surface area contributed by atoms with E-state index in [4.69, 9.17) is 24.8 Å². The average Bonchev–Trinajstić information content (AvgIpc) is 1.63. The number of hydrogen-bond acceptors (Lipinski definition) is 24. The average molecular weight is 1860 g/mol. The minimum atomic E-state index is -0.692. The third-order valence-electron chi connectivity index (χ3n) is 25.8. The summed E-state index contributed by atoms with van der Waals surface area (Å²) in [6.07, 6.45) is 36.6. The Morgan fingerprint density at radius 2 is 0.713 bits per heavy atom. The fraction of sp³-hybridized carbons (Fsp3) is 0.602. The minimum absolute atomic E-state index is 0. The molecule has 28 nitrogen and oxygen atoms in total. The second-order valence-electron chi connectivity index (χ2n) is 35.3. The summed E-state index contributed by atoms with van der Waals surface area (Å²) in [5.41, 5.74) is 14.0. The van der Waals surface area contributed by atoms with Gasteiger partial charge in [0.2, 0.25) is 17.8 Å². The van der Waals surface area contributed by atoms with Crippen LogP contribution in [0.15, 0.2) is 110 Å². The van der Waals surface area contributed by atoms with Crippen molar-refractivity contribution in [1.82, 2.24) is 73.4 Å². The number of esters is 2. The van der Waals surface area contributed by atoms with Crippen LogP contribution in [0.4, 0.5) is 17.8 Å². The van der Waals surface area contributed by atoms with Gasteiger partial charge in [-0.05, 0) is 181 Å². The first-order valence-corrected chi connectivity index (χ1v) is 48.6. The Morgan fingerprint density at radius 3 is 1.01 bits per heavy atom. The molecule has 702 valence electrons. The molecular formula is C98H145BrClLiN18O10. The van der Waals surface area contributed by atoms with Gasteiger partial charge in [0.05, 0.1) is 32.5 Å². The monoisotopic (exact) mass is 1860 g/mol. The number of methoxy groups -OCH3 is 2. The molecule has 15 rings (SSSR count). The zero-order valence-corrected chi connectivity index (χ0v) is 80.0. The number of alkyl halides is 1. The Balaban J connectivity index is 0.000000206. The van der Waals surface area contributed by atoms with Crippen LogP contribution in [0.5, 0.6) is 0 Å². The van der Waals surface area contributed by atoms with Crippen LogP contribution >= 0.6 is 28.3 Å². The predicted octanol–water partition coefficient (Wildman–Crippen LogP) is 13.6. The molecule has 3 aliphatic heterocycles. The number of unbranched alkanes of at least 4 members (excludes halogenated alkanes) is 6. The third kappa shape index (κ3) is 32.0. The number of aromatic nitrogens is 9. The third-order valence-corrected chi connectivity index (χ3v) is 26.4. The molecule has 0 radical (unpaired) electrons. The molecule has 6 aromatic heterocycles. The SMILES string of the molecule is CCCNc1ncc2c(-c3ccc(CN4CCN(CCCCCC(=O)O)CC4)cc3)cn(C3CCC(O)CC3)c2n1.CCCNc1ncc2c(-c3ccc(CN4CCN(CCCCCC(=O)OC)CC4)cc3)cn(C3CCC(O)CC3)c2n1.CCCNc1ncc2c(-c3ccc(CN4CCNCC4)cc3)cn(C3CCC(O)CC3)c2n1.COC(=O)CCCCCBr.Cl.[Li+].[OH-]. The Bertz CT molecular complexity index is 4750. The molecule has 0 spiro atoms. The van der Waals surface area contributed by atoms with E-state index < -0.39 is 5.97 Å². The number of carboxylic acid groups (broad SMARTS) is 1. The summed E-state index contributed by atoms with van der Waals surface area (Å²) >= 11 is 3.32. The van der Waals surface area contributed by atoms with Crippen molar-refractivity contribution in [1.29, 1.82) is 0 Å². The van der Waals surface area contributed by atoms with Crippen molar-refractivity contribution in [3.8, 4) is 33.4 Å². The van der Waals surface area contributed by atoms with Gasteiger partial charge < -0.3 is 80.1 Å². The van der Waals surface area contributed by atoms with E-state index in [1.807, 2.05) is 18.6 Å². The smallest absolute Gasteiger partial charge is 0.870 e. The van der Waals surface area contributed by atoms with Crippen LogP contribution < -0.4 is 40.1 Å². The number of anilines is 3. The summed E-state index contributed by atoms with van der Waals surface area (Å²) < 4.78 is 16.2. The molecule has 3 aromatic carbocycles. The number of aliphatic carboxylic acids is 1. The summed E-state index contributed by atoms with van der Waals surface area (Å²) in [6.45, 7) is 27.1. The van der Waals surface area contributed by atoms with Gasteiger partial charge >= 0.3 is 36.8 Å². The molecule has 129 heavy (non-hydrogen) atoms. The van der Waals surface area contributed by atoms with Crippen LogP contribution in [0.25, 0.3) is 66.5 Å². The molecule has 3 saturated carbocycles. The number of aliphatic hydroxyl groups excluding tert-OH is 3. The van der Waals surface area contributed by atoms with E-state index in [-0.39, 0.29) is 73.4 Å². The Hall–Kier alpha value is -7.70. The van der Waals surface area contributed by atoms with Gasteiger partial charge in [-0.25, -0.2) is 15.0 Å². The summed E-state index contributed by atoms with van der Waals surface area (Å²) in [5.74, 6) is 1.15. The molecule has 3 aliphatic carbocycles. The quantitative estimate of drug-likeness (QED) is 0.00771. The van der Waals surface area contributed by atoms with Crippen LogP contribution in [0.2, 0.25) is 0 Å². The maximum Gasteiger partial charge on any atom is 1.00 e. The van der Waals surface area contributed by atoms with Crippen LogP contribution in [0.1, 0.15) is 229 Å². The molecule has 0 amide bonds. The first-order valence-electron chi connectivity index (χ1n) is 47.5. The Morgan fingerprint density at radius 1 is 0.419 bits per heavy atom. The van der Waals surface area contributed by atoms with E-state index in [1.165, 1.54) is 58.7 Å². The van der Waals surface area contributed by atoms with Crippen LogP contribution in [-0.4, -0.2) is 261 Å². The standard InChI is InChI=1S/C33H48N6O3.C32H46N6O3.C26H36N6O.C7H13BrO2.ClH.Li.H2O/c1-3-16-34-33-35-22-29-30(24-39(32(29)36-33)27-12-14-28(40)15-13-27)26-10-8-25(9-11-26)23-38-20-18-37(19-21-38)17-6-4-5-7-31(41)42-2;1-2-15-33-32-34-21-28-29(23-38(31(28)35-32)26-11-13-27(39)14-12-26)25-9-7-24(8-10-25)22-37-19-17-36(18-20-37)16-5-3-4-6-30(40)41;1-2-11-28-26-29-16-23-24(18-32(25(23)30-26)21-7-9-22(33)10-8-21)20-5-3-19(4-6-20)17-31-14-12-27-13-15-31;1-10-7(9)5-3-2-4-6-8;;;/h8-11,22,24,27-28,40H,3-7,12-21,23H2,1-2H3,(H,34,35,36);7-10,21,23,26-27,39H,2-6,11-20,22H2,1H3,(H,40,41)(H,33,34,35);3-6,16,18,21-22,27,33H,2,7-15,17H2,1H3,(H,28,29,30);2-6H2,1H3;1H;;1H2/q;;;;;+1;/p-1. The second-order valence-corrected chi connectivity index (χ2v) is 36.1. The minimum Gasteiger partial charge on any atom is -0.870 e. The van der Waals surface area contributed by atoms with Gasteiger partial charge in [0.1, 0.15) is 16.9 Å². The fourth-order valence-corrected chi connectivity index (χ4v) is 18.7. The summed E-state index contributed by atoms with van der Waals surface area (Å²) in [6, 6.07) is 28.0. The van der Waals surface area contributed by atoms with Crippen LogP contribution in [0, 0.1) is 0 Å². The maximum atomic E-state index is 11.3. The van der Waals surface area contributed by atoms with E-state index in [1.54, 1.807) is 0 Å². The number of rotatable bonds is 38. The Labute approximate surface area is 791 Å². The van der Waals surface area contributed by atoms with Crippen molar-refractivity contribution < 1.29 is 68.6 Å². The number of benzene rings is 3. The Kier molecular flexibility index (Phi) is 45.3. The molecule has 6 fully saturated rings. The predicted molar refractivity (Wildman–Crippen MR) is 517 cm³/mol. The normalized spacial score (nSPS) is 19.4. The number of halogens is 2. The van der Waals surface area contributed by atoms with Crippen molar-refractivity contribution in [3.05, 3.63) is 127 Å². The number of fused-ring (bicyclic) bond motifs is 3. The number of nitrogens with one attached hydrogen (secondary N) is 4. The van der Waals surface area contributed by atoms with Gasteiger partial charge in [-0.1, -0.05) is 129 Å². The van der Waals surface area contributed by atoms with E-state index in [0.29, 0.717) is 48.8 Å². The summed E-state index contributed by atoms with van der Waals surface area (Å²) in [7, 11) is 2.88. The topological polar surface area (TPSA) is 337 Å². The molecule has 9 heterocycles. The van der Waals surface area contributed by atoms with E-state index in [9.17, 15) is 29.7 Å². The van der Waals surface area contributed by atoms with Crippen molar-refractivity contribution in [2.75, 3.05) is 147 Å². The molecular weight excluding hydrogens is 1710 g/mol. The number of hydrogen-bond donors (Lipinski definition) is 8. The molecule has 9 aromatic rings.